The van der Waals surface area contributed by atoms with Gasteiger partial charge < -0.3 is 10.1 Å². The fourth-order valence-electron chi connectivity index (χ4n) is 3.20. The summed E-state index contributed by atoms with van der Waals surface area (Å²) in [6.07, 6.45) is 3.72. The third-order valence-corrected chi connectivity index (χ3v) is 4.35. The number of carbonyl (C=O) groups excluding carboxylic acids is 1. The third kappa shape index (κ3) is 3.53. The molecule has 20 heavy (non-hydrogen) atoms. The normalized spacial score (nSPS) is 25.0. The van der Waals surface area contributed by atoms with Gasteiger partial charge >= 0.3 is 5.97 Å². The van der Waals surface area contributed by atoms with E-state index < -0.39 is 0 Å². The lowest BCUT2D eigenvalue weighted by molar-refractivity contribution is 0.0601. The minimum atomic E-state index is -0.288. The fraction of sp³-hybridized carbons (Fsp3) is 0.588. The molecule has 1 N–H and O–H groups in total. The van der Waals surface area contributed by atoms with E-state index in [9.17, 15) is 4.79 Å². The summed E-state index contributed by atoms with van der Waals surface area (Å²) >= 11 is 0. The van der Waals surface area contributed by atoms with Gasteiger partial charge in [-0.15, -0.1) is 0 Å². The van der Waals surface area contributed by atoms with Crippen molar-refractivity contribution in [2.45, 2.75) is 46.1 Å². The fourth-order valence-corrected chi connectivity index (χ4v) is 3.20. The van der Waals surface area contributed by atoms with Crippen LogP contribution in [0.1, 0.15) is 50.4 Å². The maximum Gasteiger partial charge on any atom is 0.337 e. The molecule has 1 aromatic rings. The zero-order valence-electron chi connectivity index (χ0n) is 12.9. The Bertz CT molecular complexity index is 464. The number of ether oxygens (including phenoxy) is 1. The summed E-state index contributed by atoms with van der Waals surface area (Å²) in [5, 5.41) is 3.60. The summed E-state index contributed by atoms with van der Waals surface area (Å²) in [7, 11) is 1.40. The largest absolute Gasteiger partial charge is 0.465 e. The van der Waals surface area contributed by atoms with Crippen LogP contribution in [-0.4, -0.2) is 19.1 Å². The number of rotatable bonds is 3. The minimum Gasteiger partial charge on any atom is -0.465 e. The molecule has 3 nitrogen and oxygen atoms in total. The summed E-state index contributed by atoms with van der Waals surface area (Å²) in [6, 6.07) is 8.06. The number of methoxy groups -OCH3 is 1. The van der Waals surface area contributed by atoms with Gasteiger partial charge in [0.05, 0.1) is 12.7 Å². The summed E-state index contributed by atoms with van der Waals surface area (Å²) in [4.78, 5) is 11.4. The van der Waals surface area contributed by atoms with Crippen molar-refractivity contribution in [3.8, 4) is 0 Å². The quantitative estimate of drug-likeness (QED) is 0.844. The highest BCUT2D eigenvalue weighted by atomic mass is 16.5. The Labute approximate surface area is 121 Å². The van der Waals surface area contributed by atoms with Crippen LogP contribution < -0.4 is 5.32 Å². The van der Waals surface area contributed by atoms with Crippen LogP contribution in [0.5, 0.6) is 0 Å². The van der Waals surface area contributed by atoms with Gasteiger partial charge in [0.1, 0.15) is 0 Å². The van der Waals surface area contributed by atoms with E-state index in [4.69, 9.17) is 4.74 Å². The van der Waals surface area contributed by atoms with Gasteiger partial charge in [0.15, 0.2) is 0 Å². The summed E-state index contributed by atoms with van der Waals surface area (Å²) < 4.78 is 4.71. The second kappa shape index (κ2) is 5.86. The van der Waals surface area contributed by atoms with Crippen LogP contribution in [0, 0.1) is 11.3 Å². The van der Waals surface area contributed by atoms with Gasteiger partial charge in [-0.05, 0) is 54.9 Å². The van der Waals surface area contributed by atoms with Crippen molar-refractivity contribution in [3.05, 3.63) is 29.8 Å². The second-order valence-corrected chi connectivity index (χ2v) is 6.70. The van der Waals surface area contributed by atoms with Crippen LogP contribution in [0.3, 0.4) is 0 Å². The van der Waals surface area contributed by atoms with E-state index in [2.05, 4.69) is 26.1 Å². The molecule has 2 rings (SSSR count). The highest BCUT2D eigenvalue weighted by Crippen LogP contribution is 2.39. The number of hydrogen-bond donors (Lipinski definition) is 1. The average Bonchev–Trinajstić information content (AvgIpc) is 2.41. The minimum absolute atomic E-state index is 0.288. The predicted molar refractivity (Wildman–Crippen MR) is 82.0 cm³/mol. The molecule has 1 fully saturated rings. The van der Waals surface area contributed by atoms with Crippen LogP contribution in [0.15, 0.2) is 24.3 Å². The van der Waals surface area contributed by atoms with Crippen LogP contribution in [0.4, 0.5) is 5.69 Å². The van der Waals surface area contributed by atoms with E-state index in [1.165, 1.54) is 26.4 Å². The van der Waals surface area contributed by atoms with E-state index in [1.54, 1.807) is 0 Å². The van der Waals surface area contributed by atoms with Crippen LogP contribution >= 0.6 is 0 Å². The highest BCUT2D eigenvalue weighted by Gasteiger charge is 2.32. The summed E-state index contributed by atoms with van der Waals surface area (Å²) in [5.41, 5.74) is 2.14. The van der Waals surface area contributed by atoms with Crippen molar-refractivity contribution >= 4 is 11.7 Å². The Kier molecular flexibility index (Phi) is 4.36. The molecular weight excluding hydrogens is 250 g/mol. The van der Waals surface area contributed by atoms with Crippen molar-refractivity contribution in [1.82, 2.24) is 0 Å². The van der Waals surface area contributed by atoms with Crippen LogP contribution in [-0.2, 0) is 4.74 Å². The molecule has 0 spiro atoms. The summed E-state index contributed by atoms with van der Waals surface area (Å²) in [5.74, 6) is 0.378. The second-order valence-electron chi connectivity index (χ2n) is 6.70. The van der Waals surface area contributed by atoms with Crippen molar-refractivity contribution in [2.75, 3.05) is 12.4 Å². The van der Waals surface area contributed by atoms with Gasteiger partial charge in [0, 0.05) is 11.7 Å². The first kappa shape index (κ1) is 14.9. The molecule has 0 radical (unpaired) electrons. The van der Waals surface area contributed by atoms with E-state index >= 15 is 0 Å². The first-order chi connectivity index (χ1) is 9.41. The Balaban J connectivity index is 1.98. The zero-order valence-corrected chi connectivity index (χ0v) is 12.9. The Morgan fingerprint density at radius 1 is 1.30 bits per heavy atom. The maximum absolute atomic E-state index is 11.4. The molecule has 1 aliphatic rings. The number of anilines is 1. The van der Waals surface area contributed by atoms with Crippen molar-refractivity contribution in [1.29, 1.82) is 0 Å². The number of benzene rings is 1. The van der Waals surface area contributed by atoms with Crippen molar-refractivity contribution < 1.29 is 9.53 Å². The zero-order chi connectivity index (χ0) is 14.8. The predicted octanol–water partition coefficient (Wildman–Crippen LogP) is 4.10. The van der Waals surface area contributed by atoms with Crippen LogP contribution in [0.25, 0.3) is 0 Å². The average molecular weight is 275 g/mol. The topological polar surface area (TPSA) is 38.3 Å². The lowest BCUT2D eigenvalue weighted by Crippen LogP contribution is -2.36. The molecule has 2 unspecified atom stereocenters. The Morgan fingerprint density at radius 3 is 2.50 bits per heavy atom. The van der Waals surface area contributed by atoms with Crippen LogP contribution in [0.2, 0.25) is 0 Å². The van der Waals surface area contributed by atoms with E-state index in [-0.39, 0.29) is 5.97 Å². The standard InChI is InChI=1S/C17H25NO2/c1-12-11-17(2,3)10-9-15(12)18-14-7-5-13(6-8-14)16(19)20-4/h5-8,12,15,18H,9-11H2,1-4H3. The molecule has 0 amide bonds. The molecule has 1 saturated carbocycles. The molecule has 3 heteroatoms. The molecule has 0 aliphatic heterocycles. The van der Waals surface area contributed by atoms with Crippen molar-refractivity contribution in [3.63, 3.8) is 0 Å². The van der Waals surface area contributed by atoms with E-state index in [0.717, 1.165) is 5.69 Å². The van der Waals surface area contributed by atoms with Gasteiger partial charge in [-0.1, -0.05) is 20.8 Å². The molecule has 0 aromatic heterocycles. The van der Waals surface area contributed by atoms with E-state index in [1.807, 2.05) is 24.3 Å². The summed E-state index contributed by atoms with van der Waals surface area (Å²) in [6.45, 7) is 7.02. The number of esters is 1. The van der Waals surface area contributed by atoms with Gasteiger partial charge in [0.2, 0.25) is 0 Å². The SMILES string of the molecule is COC(=O)c1ccc(NC2CCC(C)(C)CC2C)cc1. The molecule has 0 heterocycles. The lowest BCUT2D eigenvalue weighted by Gasteiger charge is -2.40. The number of nitrogens with one attached hydrogen (secondary N) is 1. The maximum atomic E-state index is 11.4. The smallest absolute Gasteiger partial charge is 0.337 e. The van der Waals surface area contributed by atoms with Crippen molar-refractivity contribution in [2.24, 2.45) is 11.3 Å². The molecule has 0 bridgehead atoms. The molecule has 1 aromatic carbocycles. The molecular formula is C17H25NO2. The number of carbonyl (C=O) groups is 1. The first-order valence-electron chi connectivity index (χ1n) is 7.36. The monoisotopic (exact) mass is 275 g/mol. The Morgan fingerprint density at radius 2 is 1.95 bits per heavy atom. The molecule has 0 saturated heterocycles. The van der Waals surface area contributed by atoms with Gasteiger partial charge in [-0.2, -0.15) is 0 Å². The first-order valence-corrected chi connectivity index (χ1v) is 7.36. The van der Waals surface area contributed by atoms with Gasteiger partial charge in [-0.25, -0.2) is 4.79 Å². The highest BCUT2D eigenvalue weighted by molar-refractivity contribution is 5.89. The third-order valence-electron chi connectivity index (χ3n) is 4.35. The number of hydrogen-bond acceptors (Lipinski definition) is 3. The Hall–Kier alpha value is -1.51. The van der Waals surface area contributed by atoms with Gasteiger partial charge in [0.25, 0.3) is 0 Å². The van der Waals surface area contributed by atoms with E-state index in [0.29, 0.717) is 22.9 Å². The van der Waals surface area contributed by atoms with Gasteiger partial charge in [-0.3, -0.25) is 0 Å². The molecule has 2 atom stereocenters. The molecule has 110 valence electrons. The lowest BCUT2D eigenvalue weighted by atomic mass is 9.70. The molecule has 1 aliphatic carbocycles.